The molecule has 0 spiro atoms. The van der Waals surface area contributed by atoms with Crippen LogP contribution < -0.4 is 9.47 Å². The minimum atomic E-state index is -4.70. The molecule has 0 saturated heterocycles. The van der Waals surface area contributed by atoms with Gasteiger partial charge in [0.05, 0.1) is 12.3 Å². The van der Waals surface area contributed by atoms with Crippen LogP contribution in [-0.4, -0.2) is 34.1 Å². The van der Waals surface area contributed by atoms with Crippen LogP contribution in [-0.2, 0) is 6.61 Å². The van der Waals surface area contributed by atoms with Crippen molar-refractivity contribution < 1.29 is 45.7 Å². The van der Waals surface area contributed by atoms with E-state index in [1.807, 2.05) is 0 Å². The van der Waals surface area contributed by atoms with E-state index in [-0.39, 0.29) is 18.1 Å². The summed E-state index contributed by atoms with van der Waals surface area (Å²) < 4.78 is 79.2. The molecule has 0 aliphatic carbocycles. The van der Waals surface area contributed by atoms with Gasteiger partial charge in [-0.25, -0.2) is 9.97 Å². The number of aldehydes is 1. The van der Waals surface area contributed by atoms with E-state index in [0.29, 0.717) is 38.8 Å². The van der Waals surface area contributed by atoms with E-state index in [0.717, 1.165) is 0 Å². The number of aliphatic hydroxyl groups is 1. The molecule has 4 rings (SSSR count). The van der Waals surface area contributed by atoms with Crippen molar-refractivity contribution in [2.75, 3.05) is 0 Å². The summed E-state index contributed by atoms with van der Waals surface area (Å²) in [6, 6.07) is 10.7. The Bertz CT molecular complexity index is 1270. The summed E-state index contributed by atoms with van der Waals surface area (Å²) >= 11 is 2.55. The van der Waals surface area contributed by atoms with Gasteiger partial charge in [0.1, 0.15) is 27.2 Å². The molecule has 0 saturated carbocycles. The van der Waals surface area contributed by atoms with Crippen LogP contribution in [0.15, 0.2) is 59.3 Å². The molecule has 2 aromatic heterocycles. The van der Waals surface area contributed by atoms with Crippen LogP contribution in [0.3, 0.4) is 0 Å². The number of carbonyl (C=O) groups excluding carboxylic acids is 1. The first-order chi connectivity index (χ1) is 17.0. The van der Waals surface area contributed by atoms with Crippen LogP contribution >= 0.6 is 22.7 Å². The van der Waals surface area contributed by atoms with Crippen molar-refractivity contribution in [3.8, 4) is 32.6 Å². The average molecular weight is 548 g/mol. The molecule has 0 aliphatic rings. The molecule has 0 radical (unpaired) electrons. The third-order valence-corrected chi connectivity index (χ3v) is 5.88. The summed E-state index contributed by atoms with van der Waals surface area (Å²) in [6.45, 7) is -0.161. The zero-order valence-corrected chi connectivity index (χ0v) is 19.3. The first-order valence-corrected chi connectivity index (χ1v) is 11.4. The number of rotatable bonds is 6. The molecule has 0 amide bonds. The lowest BCUT2D eigenvalue weighted by Gasteiger charge is -2.08. The Kier molecular flexibility index (Phi) is 8.66. The van der Waals surface area contributed by atoms with Gasteiger partial charge >= 0.3 is 12.7 Å². The highest BCUT2D eigenvalue weighted by molar-refractivity contribution is 7.13. The maximum absolute atomic E-state index is 12.0. The van der Waals surface area contributed by atoms with Crippen molar-refractivity contribution in [3.05, 3.63) is 70.7 Å². The molecule has 0 fully saturated rings. The van der Waals surface area contributed by atoms with Crippen LogP contribution in [0.4, 0.5) is 26.3 Å². The molecular formula is C22H14F6N2O4S2. The predicted octanol–water partition coefficient (Wildman–Crippen LogP) is 6.72. The van der Waals surface area contributed by atoms with Gasteiger partial charge in [0.2, 0.25) is 0 Å². The van der Waals surface area contributed by atoms with Crippen LogP contribution in [0, 0.1) is 0 Å². The number of nitrogens with zero attached hydrogens (tertiary/aromatic N) is 2. The Morgan fingerprint density at radius 2 is 1.19 bits per heavy atom. The van der Waals surface area contributed by atoms with Crippen molar-refractivity contribution in [2.45, 2.75) is 19.3 Å². The fraction of sp³-hybridized carbons (Fsp3) is 0.136. The largest absolute Gasteiger partial charge is 0.573 e. The van der Waals surface area contributed by atoms with Gasteiger partial charge in [0, 0.05) is 21.9 Å². The molecule has 0 unspecified atom stereocenters. The van der Waals surface area contributed by atoms with Gasteiger partial charge in [0.25, 0.3) is 0 Å². The zero-order valence-electron chi connectivity index (χ0n) is 17.7. The standard InChI is InChI=1S/C11H8F3NO2S.C11H6F3NO2S/c2*12-11(13,14)17-9-3-1-7(2-4-9)10-15-8(5-16)6-18-10/h1-4,6,16H,5H2;1-6H. The number of ether oxygens (including phenoxy) is 2. The molecule has 0 bridgehead atoms. The van der Waals surface area contributed by atoms with Crippen molar-refractivity contribution >= 4 is 29.0 Å². The molecule has 6 nitrogen and oxygen atoms in total. The molecule has 14 heteroatoms. The minimum absolute atomic E-state index is 0.161. The summed E-state index contributed by atoms with van der Waals surface area (Å²) in [6.07, 6.45) is -8.78. The lowest BCUT2D eigenvalue weighted by atomic mass is 10.2. The molecule has 4 aromatic rings. The molecular weight excluding hydrogens is 534 g/mol. The minimum Gasteiger partial charge on any atom is -0.406 e. The summed E-state index contributed by atoms with van der Waals surface area (Å²) in [5.41, 5.74) is 2.13. The number of aromatic nitrogens is 2. The van der Waals surface area contributed by atoms with E-state index < -0.39 is 12.7 Å². The molecule has 190 valence electrons. The van der Waals surface area contributed by atoms with E-state index in [9.17, 15) is 31.1 Å². The van der Waals surface area contributed by atoms with Crippen LogP contribution in [0.1, 0.15) is 16.2 Å². The maximum Gasteiger partial charge on any atom is 0.573 e. The summed E-state index contributed by atoms with van der Waals surface area (Å²) in [4.78, 5) is 18.6. The number of hydrogen-bond donors (Lipinski definition) is 1. The van der Waals surface area contributed by atoms with Crippen molar-refractivity contribution in [3.63, 3.8) is 0 Å². The second-order valence-electron chi connectivity index (χ2n) is 6.64. The summed E-state index contributed by atoms with van der Waals surface area (Å²) in [7, 11) is 0. The highest BCUT2D eigenvalue weighted by Gasteiger charge is 2.31. The highest BCUT2D eigenvalue weighted by Crippen LogP contribution is 2.29. The monoisotopic (exact) mass is 548 g/mol. The number of hydrogen-bond acceptors (Lipinski definition) is 8. The third-order valence-electron chi connectivity index (χ3n) is 4.03. The molecule has 0 aliphatic heterocycles. The van der Waals surface area contributed by atoms with E-state index in [1.54, 1.807) is 10.8 Å². The quantitative estimate of drug-likeness (QED) is 0.213. The van der Waals surface area contributed by atoms with Crippen molar-refractivity contribution in [1.82, 2.24) is 9.97 Å². The molecule has 2 aromatic carbocycles. The van der Waals surface area contributed by atoms with Crippen molar-refractivity contribution in [1.29, 1.82) is 0 Å². The van der Waals surface area contributed by atoms with Gasteiger partial charge in [-0.2, -0.15) is 0 Å². The van der Waals surface area contributed by atoms with Crippen LogP contribution in [0.5, 0.6) is 11.5 Å². The fourth-order valence-corrected chi connectivity index (χ4v) is 4.17. The Hall–Kier alpha value is -3.49. The topological polar surface area (TPSA) is 81.5 Å². The second-order valence-corrected chi connectivity index (χ2v) is 8.36. The SMILES string of the molecule is O=Cc1csc(-c2ccc(OC(F)(F)F)cc2)n1.OCc1csc(-c2ccc(OC(F)(F)F)cc2)n1. The maximum atomic E-state index is 12.0. The second kappa shape index (κ2) is 11.5. The normalized spacial score (nSPS) is 11.4. The van der Waals surface area contributed by atoms with E-state index in [2.05, 4.69) is 19.4 Å². The smallest absolute Gasteiger partial charge is 0.406 e. The van der Waals surface area contributed by atoms with Gasteiger partial charge in [-0.05, 0) is 48.5 Å². The van der Waals surface area contributed by atoms with E-state index in [1.165, 1.54) is 71.2 Å². The van der Waals surface area contributed by atoms with Gasteiger partial charge in [-0.3, -0.25) is 4.79 Å². The first-order valence-electron chi connectivity index (χ1n) is 9.64. The summed E-state index contributed by atoms with van der Waals surface area (Å²) in [5.74, 6) is -0.566. The number of halogens is 6. The van der Waals surface area contributed by atoms with Crippen LogP contribution in [0.25, 0.3) is 21.1 Å². The fourth-order valence-electron chi connectivity index (χ4n) is 2.58. The predicted molar refractivity (Wildman–Crippen MR) is 120 cm³/mol. The van der Waals surface area contributed by atoms with Crippen LogP contribution in [0.2, 0.25) is 0 Å². The number of thiazole rings is 2. The number of benzene rings is 2. The number of carbonyl (C=O) groups is 1. The Morgan fingerprint density at radius 3 is 1.56 bits per heavy atom. The lowest BCUT2D eigenvalue weighted by molar-refractivity contribution is -0.275. The third kappa shape index (κ3) is 8.32. The van der Waals surface area contributed by atoms with E-state index >= 15 is 0 Å². The number of aliphatic hydroxyl groups excluding tert-OH is 1. The van der Waals surface area contributed by atoms with Gasteiger partial charge < -0.3 is 14.6 Å². The Morgan fingerprint density at radius 1 is 0.750 bits per heavy atom. The Labute approximate surface area is 207 Å². The van der Waals surface area contributed by atoms with E-state index in [4.69, 9.17) is 5.11 Å². The zero-order chi connectivity index (χ0) is 26.3. The molecule has 1 N–H and O–H groups in total. The summed E-state index contributed by atoms with van der Waals surface area (Å²) in [5, 5.41) is 13.3. The lowest BCUT2D eigenvalue weighted by Crippen LogP contribution is -2.16. The van der Waals surface area contributed by atoms with Gasteiger partial charge in [-0.15, -0.1) is 49.0 Å². The first kappa shape index (κ1) is 27.1. The average Bonchev–Trinajstić information content (AvgIpc) is 3.48. The van der Waals surface area contributed by atoms with Gasteiger partial charge in [-0.1, -0.05) is 0 Å². The molecule has 2 heterocycles. The molecule has 36 heavy (non-hydrogen) atoms. The van der Waals surface area contributed by atoms with Crippen molar-refractivity contribution in [2.24, 2.45) is 0 Å². The number of alkyl halides is 6. The Balaban J connectivity index is 0.000000201. The highest BCUT2D eigenvalue weighted by atomic mass is 32.1. The van der Waals surface area contributed by atoms with Gasteiger partial charge in [0.15, 0.2) is 6.29 Å². The molecule has 0 atom stereocenters.